The molecule has 3 aromatic rings. The Hall–Kier alpha value is -2.47. The first-order chi connectivity index (χ1) is 12.7. The van der Waals surface area contributed by atoms with E-state index in [2.05, 4.69) is 14.5 Å². The van der Waals surface area contributed by atoms with Crippen molar-refractivity contribution in [2.24, 2.45) is 0 Å². The number of likely N-dealkylation sites (tertiary alicyclic amines) is 1. The molecular weight excluding hydrogens is 344 g/mol. The molecular formula is C20H22N4OS. The second-order valence-corrected chi connectivity index (χ2v) is 7.86. The molecule has 1 aliphatic heterocycles. The van der Waals surface area contributed by atoms with Gasteiger partial charge < -0.3 is 9.47 Å². The van der Waals surface area contributed by atoms with Gasteiger partial charge in [-0.1, -0.05) is 6.07 Å². The Bertz CT molecular complexity index is 878. The maximum atomic E-state index is 12.6. The van der Waals surface area contributed by atoms with Crippen LogP contribution in [0.2, 0.25) is 0 Å². The molecule has 1 fully saturated rings. The zero-order valence-electron chi connectivity index (χ0n) is 14.8. The van der Waals surface area contributed by atoms with Crippen LogP contribution in [-0.2, 0) is 6.54 Å². The van der Waals surface area contributed by atoms with Crippen molar-refractivity contribution < 1.29 is 4.79 Å². The SMILES string of the molecule is Cc1cc(C(=O)N2CCC(c3nccn3Cc3ccccn3)CC2)cs1. The van der Waals surface area contributed by atoms with Crippen molar-refractivity contribution in [3.63, 3.8) is 0 Å². The molecule has 0 unspecified atom stereocenters. The molecule has 0 atom stereocenters. The third kappa shape index (κ3) is 3.55. The topological polar surface area (TPSA) is 51.0 Å². The zero-order valence-corrected chi connectivity index (χ0v) is 15.7. The lowest BCUT2D eigenvalue weighted by Gasteiger charge is -2.31. The van der Waals surface area contributed by atoms with Crippen LogP contribution >= 0.6 is 11.3 Å². The summed E-state index contributed by atoms with van der Waals surface area (Å²) in [6.07, 6.45) is 7.62. The van der Waals surface area contributed by atoms with Gasteiger partial charge in [0.05, 0.1) is 17.8 Å². The number of pyridine rings is 1. The monoisotopic (exact) mass is 366 g/mol. The fraction of sp³-hybridized carbons (Fsp3) is 0.350. The van der Waals surface area contributed by atoms with Crippen molar-refractivity contribution in [2.45, 2.75) is 32.2 Å². The van der Waals surface area contributed by atoms with E-state index in [1.54, 1.807) is 11.3 Å². The number of imidazole rings is 1. The van der Waals surface area contributed by atoms with Gasteiger partial charge in [0, 0.05) is 47.9 Å². The predicted octanol–water partition coefficient (Wildman–Crippen LogP) is 3.72. The van der Waals surface area contributed by atoms with Gasteiger partial charge in [0.25, 0.3) is 5.91 Å². The summed E-state index contributed by atoms with van der Waals surface area (Å²) in [6.45, 7) is 4.35. The van der Waals surface area contributed by atoms with Gasteiger partial charge in [-0.15, -0.1) is 11.3 Å². The van der Waals surface area contributed by atoms with Crippen LogP contribution < -0.4 is 0 Å². The minimum Gasteiger partial charge on any atom is -0.339 e. The second-order valence-electron chi connectivity index (χ2n) is 6.75. The number of thiophene rings is 1. The molecule has 1 saturated heterocycles. The van der Waals surface area contributed by atoms with E-state index in [1.807, 2.05) is 60.1 Å². The molecule has 134 valence electrons. The molecule has 0 N–H and O–H groups in total. The largest absolute Gasteiger partial charge is 0.339 e. The predicted molar refractivity (Wildman–Crippen MR) is 103 cm³/mol. The van der Waals surface area contributed by atoms with Crippen LogP contribution in [0.4, 0.5) is 0 Å². The van der Waals surface area contributed by atoms with Crippen LogP contribution in [0.5, 0.6) is 0 Å². The van der Waals surface area contributed by atoms with Gasteiger partial charge in [-0.2, -0.15) is 0 Å². The lowest BCUT2D eigenvalue weighted by atomic mass is 9.95. The molecule has 1 amide bonds. The summed E-state index contributed by atoms with van der Waals surface area (Å²) < 4.78 is 2.19. The number of hydrogen-bond acceptors (Lipinski definition) is 4. The van der Waals surface area contributed by atoms with E-state index in [0.29, 0.717) is 5.92 Å². The molecule has 0 spiro atoms. The molecule has 0 aromatic carbocycles. The molecule has 26 heavy (non-hydrogen) atoms. The van der Waals surface area contributed by atoms with Crippen molar-refractivity contribution in [3.05, 3.63) is 70.2 Å². The number of piperidine rings is 1. The lowest BCUT2D eigenvalue weighted by Crippen LogP contribution is -2.38. The first-order valence-electron chi connectivity index (χ1n) is 8.96. The second kappa shape index (κ2) is 7.41. The molecule has 4 heterocycles. The molecule has 0 bridgehead atoms. The number of rotatable bonds is 4. The van der Waals surface area contributed by atoms with Crippen molar-refractivity contribution in [1.29, 1.82) is 0 Å². The van der Waals surface area contributed by atoms with Crippen molar-refractivity contribution in [1.82, 2.24) is 19.4 Å². The highest BCUT2D eigenvalue weighted by molar-refractivity contribution is 7.10. The lowest BCUT2D eigenvalue weighted by molar-refractivity contribution is 0.0711. The van der Waals surface area contributed by atoms with E-state index in [4.69, 9.17) is 0 Å². The highest BCUT2D eigenvalue weighted by Crippen LogP contribution is 2.28. The first kappa shape index (κ1) is 17.0. The summed E-state index contributed by atoms with van der Waals surface area (Å²) in [7, 11) is 0. The highest BCUT2D eigenvalue weighted by Gasteiger charge is 2.27. The average Bonchev–Trinajstić information content (AvgIpc) is 3.31. The highest BCUT2D eigenvalue weighted by atomic mass is 32.1. The molecule has 0 radical (unpaired) electrons. The summed E-state index contributed by atoms with van der Waals surface area (Å²) in [4.78, 5) is 24.8. The molecule has 6 heteroatoms. The van der Waals surface area contributed by atoms with Gasteiger partial charge in [-0.25, -0.2) is 4.98 Å². The standard InChI is InChI=1S/C20H22N4OS/c1-15-12-17(14-26-15)20(25)23-9-5-16(6-10-23)19-22-8-11-24(19)13-18-4-2-3-7-21-18/h2-4,7-8,11-12,14,16H,5-6,9-10,13H2,1H3. The van der Waals surface area contributed by atoms with Gasteiger partial charge >= 0.3 is 0 Å². The maximum absolute atomic E-state index is 12.6. The number of aryl methyl sites for hydroxylation is 1. The van der Waals surface area contributed by atoms with E-state index in [0.717, 1.165) is 49.6 Å². The summed E-state index contributed by atoms with van der Waals surface area (Å²) in [5.41, 5.74) is 1.86. The van der Waals surface area contributed by atoms with Gasteiger partial charge in [-0.3, -0.25) is 9.78 Å². The number of carbonyl (C=O) groups excluding carboxylic acids is 1. The van der Waals surface area contributed by atoms with Gasteiger partial charge in [0.15, 0.2) is 0 Å². The zero-order chi connectivity index (χ0) is 17.9. The average molecular weight is 366 g/mol. The van der Waals surface area contributed by atoms with Gasteiger partial charge in [-0.05, 0) is 38.0 Å². The van der Waals surface area contributed by atoms with Crippen LogP contribution in [0.15, 0.2) is 48.2 Å². The number of carbonyl (C=O) groups is 1. The van der Waals surface area contributed by atoms with Crippen molar-refractivity contribution >= 4 is 17.2 Å². The van der Waals surface area contributed by atoms with Crippen LogP contribution in [0.25, 0.3) is 0 Å². The Balaban J connectivity index is 1.41. The van der Waals surface area contributed by atoms with Crippen molar-refractivity contribution in [3.8, 4) is 0 Å². The third-order valence-electron chi connectivity index (χ3n) is 4.93. The Morgan fingerprint density at radius 3 is 2.77 bits per heavy atom. The van der Waals surface area contributed by atoms with E-state index in [1.165, 1.54) is 4.88 Å². The molecule has 4 rings (SSSR count). The number of hydrogen-bond donors (Lipinski definition) is 0. The van der Waals surface area contributed by atoms with Crippen molar-refractivity contribution in [2.75, 3.05) is 13.1 Å². The molecule has 1 aliphatic rings. The molecule has 0 aliphatic carbocycles. The Kier molecular flexibility index (Phi) is 4.84. The van der Waals surface area contributed by atoms with E-state index >= 15 is 0 Å². The fourth-order valence-corrected chi connectivity index (χ4v) is 4.24. The van der Waals surface area contributed by atoms with Gasteiger partial charge in [0.1, 0.15) is 5.82 Å². The third-order valence-corrected chi connectivity index (χ3v) is 5.79. The summed E-state index contributed by atoms with van der Waals surface area (Å²) in [5.74, 6) is 1.65. The van der Waals surface area contributed by atoms with E-state index in [9.17, 15) is 4.79 Å². The van der Waals surface area contributed by atoms with E-state index < -0.39 is 0 Å². The molecule has 5 nitrogen and oxygen atoms in total. The number of amides is 1. The fourth-order valence-electron chi connectivity index (χ4n) is 3.56. The minimum atomic E-state index is 0.157. The quantitative estimate of drug-likeness (QED) is 0.707. The van der Waals surface area contributed by atoms with E-state index in [-0.39, 0.29) is 5.91 Å². The smallest absolute Gasteiger partial charge is 0.254 e. The Labute approximate surface area is 157 Å². The first-order valence-corrected chi connectivity index (χ1v) is 9.84. The number of nitrogens with zero attached hydrogens (tertiary/aromatic N) is 4. The van der Waals surface area contributed by atoms with Crippen LogP contribution in [-0.4, -0.2) is 38.4 Å². The van der Waals surface area contributed by atoms with Crippen LogP contribution in [0, 0.1) is 6.92 Å². The van der Waals surface area contributed by atoms with Crippen LogP contribution in [0.1, 0.15) is 45.5 Å². The minimum absolute atomic E-state index is 0.157. The molecule has 3 aromatic heterocycles. The summed E-state index contributed by atoms with van der Waals surface area (Å²) in [6, 6.07) is 7.96. The molecule has 0 saturated carbocycles. The Morgan fingerprint density at radius 1 is 1.23 bits per heavy atom. The summed E-state index contributed by atoms with van der Waals surface area (Å²) in [5, 5.41) is 1.96. The van der Waals surface area contributed by atoms with Crippen LogP contribution in [0.3, 0.4) is 0 Å². The summed E-state index contributed by atoms with van der Waals surface area (Å²) >= 11 is 1.63. The number of aromatic nitrogens is 3. The normalized spacial score (nSPS) is 15.3. The maximum Gasteiger partial charge on any atom is 0.254 e. The van der Waals surface area contributed by atoms with Gasteiger partial charge in [0.2, 0.25) is 0 Å². The Morgan fingerprint density at radius 2 is 2.08 bits per heavy atom.